The van der Waals surface area contributed by atoms with Crippen LogP contribution in [0.25, 0.3) is 0 Å². The lowest BCUT2D eigenvalue weighted by atomic mass is 10.1. The van der Waals surface area contributed by atoms with E-state index in [2.05, 4.69) is 0 Å². The van der Waals surface area contributed by atoms with Gasteiger partial charge >= 0.3 is 0 Å². The minimum absolute atomic E-state index is 0.162. The average molecular weight is 380 g/mol. The molecule has 4 nitrogen and oxygen atoms in total. The number of hydrogen-bond donors (Lipinski definition) is 0. The molecule has 2 aromatic carbocycles. The van der Waals surface area contributed by atoms with Crippen LogP contribution in [0.1, 0.15) is 23.7 Å². The highest BCUT2D eigenvalue weighted by Gasteiger charge is 2.29. The molecule has 0 bridgehead atoms. The van der Waals surface area contributed by atoms with Gasteiger partial charge in [0.25, 0.3) is 0 Å². The van der Waals surface area contributed by atoms with Crippen molar-refractivity contribution in [3.8, 4) is 0 Å². The van der Waals surface area contributed by atoms with Crippen LogP contribution in [-0.4, -0.2) is 38.2 Å². The maximum absolute atomic E-state index is 12.7. The van der Waals surface area contributed by atoms with E-state index in [9.17, 15) is 8.42 Å². The fourth-order valence-corrected chi connectivity index (χ4v) is 4.60. The number of hydrogen-bond acceptors (Lipinski definition) is 3. The van der Waals surface area contributed by atoms with Crippen LogP contribution in [0, 0.1) is 0 Å². The Bertz CT molecular complexity index is 778. The van der Waals surface area contributed by atoms with Gasteiger partial charge in [0.2, 0.25) is 10.0 Å². The standard InChI is InChI=1S/C19H22ClNO3S/c20-18-10-8-17(9-11-18)19-15-21(12-13-24-19)25(22,23)14-4-7-16-5-2-1-3-6-16/h1-3,5-6,8-11,19H,4,7,12-15H2. The van der Waals surface area contributed by atoms with E-state index in [1.165, 1.54) is 5.56 Å². The van der Waals surface area contributed by atoms with Gasteiger partial charge in [0, 0.05) is 18.1 Å². The van der Waals surface area contributed by atoms with E-state index < -0.39 is 10.0 Å². The topological polar surface area (TPSA) is 46.6 Å². The summed E-state index contributed by atoms with van der Waals surface area (Å²) in [7, 11) is -3.28. The SMILES string of the molecule is O=S(=O)(CCCc1ccccc1)N1CCOC(c2ccc(Cl)cc2)C1. The number of halogens is 1. The molecule has 1 heterocycles. The molecule has 3 rings (SSSR count). The highest BCUT2D eigenvalue weighted by Crippen LogP contribution is 2.25. The number of aryl methyl sites for hydroxylation is 1. The van der Waals surface area contributed by atoms with Gasteiger partial charge in [0.15, 0.2) is 0 Å². The van der Waals surface area contributed by atoms with E-state index in [1.54, 1.807) is 16.4 Å². The van der Waals surface area contributed by atoms with E-state index >= 15 is 0 Å². The Morgan fingerprint density at radius 3 is 2.52 bits per heavy atom. The molecule has 2 aromatic rings. The lowest BCUT2D eigenvalue weighted by Crippen LogP contribution is -2.43. The van der Waals surface area contributed by atoms with Crippen LogP contribution in [0.5, 0.6) is 0 Å². The van der Waals surface area contributed by atoms with E-state index in [1.807, 2.05) is 42.5 Å². The maximum atomic E-state index is 12.7. The van der Waals surface area contributed by atoms with Crippen LogP contribution >= 0.6 is 11.6 Å². The first-order valence-electron chi connectivity index (χ1n) is 8.43. The van der Waals surface area contributed by atoms with Crippen molar-refractivity contribution in [3.63, 3.8) is 0 Å². The summed E-state index contributed by atoms with van der Waals surface area (Å²) < 4.78 is 32.6. The predicted molar refractivity (Wildman–Crippen MR) is 100 cm³/mol. The summed E-state index contributed by atoms with van der Waals surface area (Å²) in [4.78, 5) is 0. The normalized spacial score (nSPS) is 19.0. The number of morpholine rings is 1. The Morgan fingerprint density at radius 2 is 1.80 bits per heavy atom. The van der Waals surface area contributed by atoms with Gasteiger partial charge in [0.05, 0.1) is 18.5 Å². The van der Waals surface area contributed by atoms with Crippen molar-refractivity contribution in [1.82, 2.24) is 4.31 Å². The number of ether oxygens (including phenoxy) is 1. The van der Waals surface area contributed by atoms with Crippen LogP contribution in [0.3, 0.4) is 0 Å². The molecule has 1 fully saturated rings. The van der Waals surface area contributed by atoms with Crippen LogP contribution in [0.15, 0.2) is 54.6 Å². The molecule has 0 N–H and O–H groups in total. The first-order valence-corrected chi connectivity index (χ1v) is 10.4. The molecule has 1 aliphatic heterocycles. The molecule has 134 valence electrons. The van der Waals surface area contributed by atoms with Crippen LogP contribution in [0.2, 0.25) is 5.02 Å². The Kier molecular flexibility index (Phi) is 6.12. The molecule has 1 aliphatic rings. The lowest BCUT2D eigenvalue weighted by Gasteiger charge is -2.32. The monoisotopic (exact) mass is 379 g/mol. The molecular formula is C19H22ClNO3S. The quantitative estimate of drug-likeness (QED) is 0.769. The number of rotatable bonds is 6. The summed E-state index contributed by atoms with van der Waals surface area (Å²) in [5, 5.41) is 0.657. The van der Waals surface area contributed by atoms with Gasteiger partial charge in [-0.25, -0.2) is 8.42 Å². The molecule has 6 heteroatoms. The van der Waals surface area contributed by atoms with Crippen LogP contribution in [-0.2, 0) is 21.2 Å². The van der Waals surface area contributed by atoms with Gasteiger partial charge in [-0.05, 0) is 36.1 Å². The van der Waals surface area contributed by atoms with Gasteiger partial charge < -0.3 is 4.74 Å². The van der Waals surface area contributed by atoms with Gasteiger partial charge in [-0.15, -0.1) is 0 Å². The number of nitrogens with zero attached hydrogens (tertiary/aromatic N) is 1. The van der Waals surface area contributed by atoms with Gasteiger partial charge in [-0.2, -0.15) is 4.31 Å². The summed E-state index contributed by atoms with van der Waals surface area (Å²) in [5.74, 6) is 0.162. The zero-order valence-electron chi connectivity index (χ0n) is 14.0. The first kappa shape index (κ1) is 18.4. The van der Waals surface area contributed by atoms with E-state index in [4.69, 9.17) is 16.3 Å². The van der Waals surface area contributed by atoms with Crippen molar-refractivity contribution in [2.45, 2.75) is 18.9 Å². The first-order chi connectivity index (χ1) is 12.0. The second kappa shape index (κ2) is 8.32. The maximum Gasteiger partial charge on any atom is 0.214 e. The number of benzene rings is 2. The highest BCUT2D eigenvalue weighted by molar-refractivity contribution is 7.89. The molecule has 0 aromatic heterocycles. The summed E-state index contributed by atoms with van der Waals surface area (Å²) in [5.41, 5.74) is 2.12. The Hall–Kier alpha value is -1.40. The van der Waals surface area contributed by atoms with Gasteiger partial charge in [-0.1, -0.05) is 54.1 Å². The molecule has 1 atom stereocenters. The molecule has 0 aliphatic carbocycles. The van der Waals surface area contributed by atoms with Crippen molar-refractivity contribution in [2.24, 2.45) is 0 Å². The predicted octanol–water partition coefficient (Wildman–Crippen LogP) is 3.68. The zero-order chi connectivity index (χ0) is 17.7. The van der Waals surface area contributed by atoms with E-state index in [0.717, 1.165) is 12.0 Å². The fraction of sp³-hybridized carbons (Fsp3) is 0.368. The third-order valence-electron chi connectivity index (χ3n) is 4.37. The Labute approximate surface area is 154 Å². The second-order valence-corrected chi connectivity index (χ2v) is 8.70. The third kappa shape index (κ3) is 5.05. The molecule has 0 saturated carbocycles. The van der Waals surface area contributed by atoms with Crippen molar-refractivity contribution in [2.75, 3.05) is 25.4 Å². The molecule has 1 saturated heterocycles. The zero-order valence-corrected chi connectivity index (χ0v) is 15.5. The van der Waals surface area contributed by atoms with Crippen molar-refractivity contribution >= 4 is 21.6 Å². The molecule has 0 amide bonds. The minimum Gasteiger partial charge on any atom is -0.371 e. The summed E-state index contributed by atoms with van der Waals surface area (Å²) in [6.45, 7) is 1.18. The molecule has 0 spiro atoms. The van der Waals surface area contributed by atoms with E-state index in [-0.39, 0.29) is 11.9 Å². The molecular weight excluding hydrogens is 358 g/mol. The Morgan fingerprint density at radius 1 is 1.08 bits per heavy atom. The lowest BCUT2D eigenvalue weighted by molar-refractivity contribution is -0.00254. The number of sulfonamides is 1. The highest BCUT2D eigenvalue weighted by atomic mass is 35.5. The largest absolute Gasteiger partial charge is 0.371 e. The smallest absolute Gasteiger partial charge is 0.214 e. The third-order valence-corrected chi connectivity index (χ3v) is 6.55. The molecule has 1 unspecified atom stereocenters. The molecule has 25 heavy (non-hydrogen) atoms. The average Bonchev–Trinajstić information content (AvgIpc) is 2.63. The summed E-state index contributed by atoms with van der Waals surface area (Å²) in [6, 6.07) is 17.3. The minimum atomic E-state index is -3.28. The van der Waals surface area contributed by atoms with Crippen molar-refractivity contribution in [1.29, 1.82) is 0 Å². The molecule has 0 radical (unpaired) electrons. The van der Waals surface area contributed by atoms with Crippen LogP contribution < -0.4 is 0 Å². The summed E-state index contributed by atoms with van der Waals surface area (Å²) in [6.07, 6.45) is 1.15. The van der Waals surface area contributed by atoms with Gasteiger partial charge in [-0.3, -0.25) is 0 Å². The van der Waals surface area contributed by atoms with Crippen LogP contribution in [0.4, 0.5) is 0 Å². The van der Waals surface area contributed by atoms with Gasteiger partial charge in [0.1, 0.15) is 0 Å². The van der Waals surface area contributed by atoms with E-state index in [0.29, 0.717) is 31.1 Å². The summed E-state index contributed by atoms with van der Waals surface area (Å²) >= 11 is 5.91. The second-order valence-electron chi connectivity index (χ2n) is 6.17. The van der Waals surface area contributed by atoms with Crippen molar-refractivity contribution < 1.29 is 13.2 Å². The Balaban J connectivity index is 1.58. The van der Waals surface area contributed by atoms with Crippen molar-refractivity contribution in [3.05, 3.63) is 70.7 Å². The fourth-order valence-electron chi connectivity index (χ4n) is 2.99.